The minimum atomic E-state index is -3.75. The molecule has 1 aliphatic rings. The number of hydrogen-bond donors (Lipinski definition) is 2. The second-order valence-corrected chi connectivity index (χ2v) is 13.1. The number of thiophene rings is 1. The Labute approximate surface area is 229 Å². The predicted molar refractivity (Wildman–Crippen MR) is 146 cm³/mol. The highest BCUT2D eigenvalue weighted by atomic mass is 32.2. The van der Waals surface area contributed by atoms with Gasteiger partial charge >= 0.3 is 5.97 Å². The van der Waals surface area contributed by atoms with E-state index in [0.29, 0.717) is 32.2 Å². The van der Waals surface area contributed by atoms with Crippen molar-refractivity contribution >= 4 is 33.2 Å². The molecule has 1 saturated heterocycles. The summed E-state index contributed by atoms with van der Waals surface area (Å²) in [5, 5.41) is 15.5. The Hall–Kier alpha value is -2.34. The van der Waals surface area contributed by atoms with Crippen molar-refractivity contribution in [3.63, 3.8) is 0 Å². The van der Waals surface area contributed by atoms with Gasteiger partial charge in [0.15, 0.2) is 5.03 Å². The van der Waals surface area contributed by atoms with E-state index < -0.39 is 28.1 Å². The maximum absolute atomic E-state index is 12.9. The third-order valence-electron chi connectivity index (χ3n) is 6.61. The normalized spacial score (nSPS) is 19.6. The Kier molecular flexibility index (Phi) is 11.7. The van der Waals surface area contributed by atoms with Gasteiger partial charge in [0.05, 0.1) is 19.1 Å². The van der Waals surface area contributed by atoms with E-state index in [1.807, 2.05) is 31.4 Å². The monoisotopic (exact) mass is 565 g/mol. The topological polar surface area (TPSA) is 126 Å². The number of nitrogens with one attached hydrogen (secondary N) is 1. The van der Waals surface area contributed by atoms with Crippen LogP contribution in [-0.4, -0.2) is 66.5 Å². The molecule has 0 aromatic carbocycles. The maximum atomic E-state index is 12.9. The van der Waals surface area contributed by atoms with Gasteiger partial charge in [-0.25, -0.2) is 18.2 Å². The molecule has 2 aromatic rings. The van der Waals surface area contributed by atoms with Crippen LogP contribution in [0.4, 0.5) is 0 Å². The van der Waals surface area contributed by atoms with Crippen LogP contribution in [-0.2, 0) is 30.8 Å². The van der Waals surface area contributed by atoms with Crippen molar-refractivity contribution in [3.8, 4) is 0 Å². The lowest BCUT2D eigenvalue weighted by Gasteiger charge is -2.24. The van der Waals surface area contributed by atoms with Gasteiger partial charge in [-0.15, -0.1) is 11.3 Å². The van der Waals surface area contributed by atoms with Crippen LogP contribution in [0.25, 0.3) is 0 Å². The molecule has 1 amide bonds. The molecule has 0 radical (unpaired) electrons. The van der Waals surface area contributed by atoms with Crippen molar-refractivity contribution in [2.45, 2.75) is 76.0 Å². The number of sulfonamides is 1. The number of hydrogen-bond acceptors (Lipinski definition) is 8. The summed E-state index contributed by atoms with van der Waals surface area (Å²) >= 11 is 1.50. The average Bonchev–Trinajstić information content (AvgIpc) is 3.31. The number of amides is 1. The number of aliphatic hydroxyl groups is 1. The fourth-order valence-corrected chi connectivity index (χ4v) is 6.77. The molecule has 2 aromatic heterocycles. The van der Waals surface area contributed by atoms with Crippen LogP contribution in [0.2, 0.25) is 0 Å². The molecule has 1 fully saturated rings. The van der Waals surface area contributed by atoms with E-state index in [1.54, 1.807) is 12.1 Å². The second-order valence-electron chi connectivity index (χ2n) is 10.2. The van der Waals surface area contributed by atoms with Crippen LogP contribution < -0.4 is 5.32 Å². The number of ether oxygens (including phenoxy) is 1. The van der Waals surface area contributed by atoms with E-state index in [1.165, 1.54) is 27.9 Å². The number of nitrogens with zero attached hydrogens (tertiary/aromatic N) is 2. The van der Waals surface area contributed by atoms with E-state index in [2.05, 4.69) is 10.3 Å². The standard InChI is InChI=1S/C27H39N3O6S2/c1-20(2)17-23(29-25(32)18-22-11-8-16-37-22)27(33)36-15-6-4-9-21-10-7-14-30(19-24(21)31)38(34,35)26-12-3-5-13-28-26/h3,5,8,11-13,16,20-21,23-24,31H,4,6-7,9-10,14-15,17-19H2,1-2H3,(H,29,32)/t21?,23-,24?/m0/s1. The number of carbonyl (C=O) groups excluding carboxylic acids is 2. The number of esters is 1. The van der Waals surface area contributed by atoms with Gasteiger partial charge in [-0.05, 0) is 73.9 Å². The molecule has 2 N–H and O–H groups in total. The highest BCUT2D eigenvalue weighted by Gasteiger charge is 2.33. The molecular weight excluding hydrogens is 526 g/mol. The van der Waals surface area contributed by atoms with Gasteiger partial charge in [-0.2, -0.15) is 4.31 Å². The van der Waals surface area contributed by atoms with E-state index in [-0.39, 0.29) is 42.3 Å². The quantitative estimate of drug-likeness (QED) is 0.282. The highest BCUT2D eigenvalue weighted by Crippen LogP contribution is 2.26. The lowest BCUT2D eigenvalue weighted by molar-refractivity contribution is -0.148. The van der Waals surface area contributed by atoms with E-state index in [0.717, 1.165) is 17.7 Å². The molecule has 2 unspecified atom stereocenters. The molecule has 0 spiro atoms. The molecule has 11 heteroatoms. The zero-order chi connectivity index (χ0) is 27.5. The first kappa shape index (κ1) is 30.2. The number of unbranched alkanes of at least 4 members (excludes halogenated alkanes) is 1. The van der Waals surface area contributed by atoms with Crippen molar-refractivity contribution in [1.29, 1.82) is 0 Å². The number of aromatic nitrogens is 1. The first-order valence-electron chi connectivity index (χ1n) is 13.2. The van der Waals surface area contributed by atoms with Crippen LogP contribution >= 0.6 is 11.3 Å². The Balaban J connectivity index is 1.41. The smallest absolute Gasteiger partial charge is 0.328 e. The van der Waals surface area contributed by atoms with E-state index in [9.17, 15) is 23.1 Å². The van der Waals surface area contributed by atoms with Gasteiger partial charge in [-0.3, -0.25) is 4.79 Å². The first-order valence-corrected chi connectivity index (χ1v) is 15.6. The number of carbonyl (C=O) groups is 2. The Morgan fingerprint density at radius 3 is 2.74 bits per heavy atom. The van der Waals surface area contributed by atoms with Gasteiger partial charge in [0.25, 0.3) is 10.0 Å². The zero-order valence-electron chi connectivity index (χ0n) is 22.1. The Morgan fingerprint density at radius 2 is 2.05 bits per heavy atom. The third kappa shape index (κ3) is 9.14. The van der Waals surface area contributed by atoms with Crippen LogP contribution in [0.5, 0.6) is 0 Å². The van der Waals surface area contributed by atoms with Gasteiger partial charge in [0.1, 0.15) is 6.04 Å². The Morgan fingerprint density at radius 1 is 1.24 bits per heavy atom. The first-order chi connectivity index (χ1) is 18.2. The molecular formula is C27H39N3O6S2. The van der Waals surface area contributed by atoms with Crippen molar-refractivity contribution in [1.82, 2.24) is 14.6 Å². The molecule has 9 nitrogen and oxygen atoms in total. The van der Waals surface area contributed by atoms with Crippen molar-refractivity contribution in [3.05, 3.63) is 46.8 Å². The molecule has 0 saturated carbocycles. The fraction of sp³-hybridized carbons (Fsp3) is 0.593. The summed E-state index contributed by atoms with van der Waals surface area (Å²) in [5.74, 6) is -0.438. The molecule has 210 valence electrons. The Bertz CT molecular complexity index is 1110. The summed E-state index contributed by atoms with van der Waals surface area (Å²) in [7, 11) is -3.75. The SMILES string of the molecule is CC(C)C[C@H](NC(=O)Cc1cccs1)C(=O)OCCCCC1CCCN(S(=O)(=O)c2ccccn2)CC1O. The zero-order valence-corrected chi connectivity index (χ0v) is 23.8. The molecule has 0 bridgehead atoms. The van der Waals surface area contributed by atoms with Gasteiger partial charge < -0.3 is 15.2 Å². The number of pyridine rings is 1. The molecule has 3 rings (SSSR count). The molecule has 3 heterocycles. The number of aliphatic hydroxyl groups excluding tert-OH is 1. The summed E-state index contributed by atoms with van der Waals surface area (Å²) < 4.78 is 32.6. The maximum Gasteiger partial charge on any atom is 0.328 e. The number of rotatable bonds is 13. The van der Waals surface area contributed by atoms with E-state index in [4.69, 9.17) is 4.74 Å². The predicted octanol–water partition coefficient (Wildman–Crippen LogP) is 3.39. The van der Waals surface area contributed by atoms with Crippen molar-refractivity contribution in [2.75, 3.05) is 19.7 Å². The van der Waals surface area contributed by atoms with Gasteiger partial charge in [0.2, 0.25) is 5.91 Å². The minimum Gasteiger partial charge on any atom is -0.464 e. The van der Waals surface area contributed by atoms with E-state index >= 15 is 0 Å². The number of β-amino-alcohol motifs (C(OH)–C–C–N with tert-alkyl or cyclic N) is 1. The summed E-state index contributed by atoms with van der Waals surface area (Å²) in [5.41, 5.74) is 0. The summed E-state index contributed by atoms with van der Waals surface area (Å²) in [6.07, 6.45) is 4.87. The van der Waals surface area contributed by atoms with Crippen molar-refractivity contribution in [2.24, 2.45) is 11.8 Å². The van der Waals surface area contributed by atoms with Gasteiger partial charge in [-0.1, -0.05) is 26.0 Å². The molecule has 1 aliphatic heterocycles. The van der Waals surface area contributed by atoms with Crippen LogP contribution in [0, 0.1) is 11.8 Å². The lowest BCUT2D eigenvalue weighted by Crippen LogP contribution is -2.43. The summed E-state index contributed by atoms with van der Waals surface area (Å²) in [4.78, 5) is 30.0. The second kappa shape index (κ2) is 14.7. The summed E-state index contributed by atoms with van der Waals surface area (Å²) in [6.45, 7) is 4.61. The van der Waals surface area contributed by atoms with Crippen molar-refractivity contribution < 1.29 is 27.9 Å². The molecule has 3 atom stereocenters. The van der Waals surface area contributed by atoms with Crippen LogP contribution in [0.1, 0.15) is 57.2 Å². The minimum absolute atomic E-state index is 0.00838. The van der Waals surface area contributed by atoms with Crippen LogP contribution in [0.15, 0.2) is 46.9 Å². The largest absolute Gasteiger partial charge is 0.464 e. The average molecular weight is 566 g/mol. The highest BCUT2D eigenvalue weighted by molar-refractivity contribution is 7.89. The lowest BCUT2D eigenvalue weighted by atomic mass is 9.92. The van der Waals surface area contributed by atoms with Gasteiger partial charge in [0, 0.05) is 24.2 Å². The third-order valence-corrected chi connectivity index (χ3v) is 9.27. The molecule has 38 heavy (non-hydrogen) atoms. The fourth-order valence-electron chi connectivity index (χ4n) is 4.64. The van der Waals surface area contributed by atoms with Crippen LogP contribution in [0.3, 0.4) is 0 Å². The molecule has 0 aliphatic carbocycles. The summed E-state index contributed by atoms with van der Waals surface area (Å²) in [6, 6.07) is 7.86.